The minimum Gasteiger partial charge on any atom is -0.481 e. The maximum atomic E-state index is 12.0. The van der Waals surface area contributed by atoms with Gasteiger partial charge in [0, 0.05) is 11.0 Å². The molecule has 1 aromatic carbocycles. The number of carbonyl (C=O) groups is 1. The largest absolute Gasteiger partial charge is 0.481 e. The lowest BCUT2D eigenvalue weighted by Crippen LogP contribution is -2.45. The van der Waals surface area contributed by atoms with Crippen LogP contribution in [0.25, 0.3) is 0 Å². The van der Waals surface area contributed by atoms with E-state index in [1.54, 1.807) is 26.0 Å². The molecule has 0 aliphatic carbocycles. The Hall–Kier alpha value is -1.07. The molecule has 2 unspecified atom stereocenters. The van der Waals surface area contributed by atoms with Crippen LogP contribution >= 0.6 is 15.9 Å². The Morgan fingerprint density at radius 1 is 1.33 bits per heavy atom. The van der Waals surface area contributed by atoms with E-state index in [0.29, 0.717) is 18.1 Å². The van der Waals surface area contributed by atoms with E-state index in [0.717, 1.165) is 4.47 Å². The quantitative estimate of drug-likeness (QED) is 0.787. The molecule has 2 N–H and O–H groups in total. The molecule has 0 heterocycles. The van der Waals surface area contributed by atoms with Crippen LogP contribution in [0.1, 0.15) is 34.1 Å². The minimum atomic E-state index is -0.902. The van der Waals surface area contributed by atoms with Crippen molar-refractivity contribution in [2.45, 2.75) is 45.8 Å². The number of hydrogen-bond acceptors (Lipinski definition) is 3. The average Bonchev–Trinajstić information content (AvgIpc) is 2.37. The van der Waals surface area contributed by atoms with Gasteiger partial charge in [0.2, 0.25) is 0 Å². The van der Waals surface area contributed by atoms with Crippen LogP contribution in [-0.2, 0) is 4.79 Å². The van der Waals surface area contributed by atoms with E-state index in [2.05, 4.69) is 21.2 Å². The Morgan fingerprint density at radius 3 is 2.43 bits per heavy atom. The summed E-state index contributed by atoms with van der Waals surface area (Å²) in [4.78, 5) is 12.0. The van der Waals surface area contributed by atoms with Gasteiger partial charge in [-0.05, 0) is 50.5 Å². The third-order valence-electron chi connectivity index (χ3n) is 2.99. The van der Waals surface area contributed by atoms with Crippen LogP contribution in [0.2, 0.25) is 0 Å². The molecule has 0 fully saturated rings. The second-order valence-corrected chi connectivity index (χ2v) is 6.94. The molecule has 1 amide bonds. The highest BCUT2D eigenvalue weighted by Gasteiger charge is 2.24. The van der Waals surface area contributed by atoms with E-state index < -0.39 is 11.7 Å². The fraction of sp³-hybridized carbons (Fsp3) is 0.562. The van der Waals surface area contributed by atoms with Crippen molar-refractivity contribution < 1.29 is 14.6 Å². The molecule has 0 aliphatic rings. The molecule has 0 saturated carbocycles. The lowest BCUT2D eigenvalue weighted by molar-refractivity contribution is -0.128. The first-order chi connectivity index (χ1) is 9.69. The molecule has 0 bridgehead atoms. The Morgan fingerprint density at radius 2 is 1.90 bits per heavy atom. The van der Waals surface area contributed by atoms with Crippen molar-refractivity contribution in [1.29, 1.82) is 0 Å². The molecule has 0 aromatic heterocycles. The van der Waals surface area contributed by atoms with Gasteiger partial charge < -0.3 is 15.2 Å². The van der Waals surface area contributed by atoms with Crippen LogP contribution in [-0.4, -0.2) is 29.3 Å². The van der Waals surface area contributed by atoms with Crippen molar-refractivity contribution in [2.75, 3.05) is 6.54 Å². The molecular weight excluding hydrogens is 334 g/mol. The summed E-state index contributed by atoms with van der Waals surface area (Å²) in [6.45, 7) is 7.71. The van der Waals surface area contributed by atoms with Gasteiger partial charge in [-0.2, -0.15) is 0 Å². The average molecular weight is 358 g/mol. The Balaban J connectivity index is 2.46. The van der Waals surface area contributed by atoms with Crippen molar-refractivity contribution >= 4 is 21.8 Å². The molecule has 1 rings (SSSR count). The Bertz CT molecular complexity index is 457. The summed E-state index contributed by atoms with van der Waals surface area (Å²) in [6.07, 6.45) is 0.0240. The van der Waals surface area contributed by atoms with Crippen molar-refractivity contribution in [1.82, 2.24) is 5.32 Å². The predicted octanol–water partition coefficient (Wildman–Crippen LogP) is 3.13. The second-order valence-electron chi connectivity index (χ2n) is 6.03. The first kappa shape index (κ1) is 18.0. The van der Waals surface area contributed by atoms with Gasteiger partial charge in [0.15, 0.2) is 6.10 Å². The van der Waals surface area contributed by atoms with E-state index >= 15 is 0 Å². The molecule has 0 spiro atoms. The van der Waals surface area contributed by atoms with Crippen LogP contribution < -0.4 is 10.1 Å². The second kappa shape index (κ2) is 7.80. The van der Waals surface area contributed by atoms with Gasteiger partial charge in [-0.3, -0.25) is 4.79 Å². The summed E-state index contributed by atoms with van der Waals surface area (Å²) < 4.78 is 6.52. The van der Waals surface area contributed by atoms with Gasteiger partial charge in [0.05, 0.1) is 5.60 Å². The number of amides is 1. The number of hydrogen-bond donors (Lipinski definition) is 2. The third kappa shape index (κ3) is 6.96. The number of rotatable bonds is 7. The van der Waals surface area contributed by atoms with Gasteiger partial charge in [0.25, 0.3) is 5.91 Å². The highest BCUT2D eigenvalue weighted by Crippen LogP contribution is 2.18. The lowest BCUT2D eigenvalue weighted by Gasteiger charge is -2.26. The van der Waals surface area contributed by atoms with Gasteiger partial charge in [0.1, 0.15) is 5.75 Å². The van der Waals surface area contributed by atoms with Crippen LogP contribution in [0.4, 0.5) is 0 Å². The number of aliphatic hydroxyl groups is 1. The van der Waals surface area contributed by atoms with E-state index in [-0.39, 0.29) is 12.5 Å². The van der Waals surface area contributed by atoms with Crippen LogP contribution in [0.5, 0.6) is 5.75 Å². The topological polar surface area (TPSA) is 58.6 Å². The summed E-state index contributed by atoms with van der Waals surface area (Å²) in [5.74, 6) is 0.769. The van der Waals surface area contributed by atoms with Crippen molar-refractivity contribution in [3.63, 3.8) is 0 Å². The van der Waals surface area contributed by atoms with Crippen LogP contribution in [0.3, 0.4) is 0 Å². The van der Waals surface area contributed by atoms with Crippen molar-refractivity contribution in [3.8, 4) is 5.75 Å². The zero-order valence-corrected chi connectivity index (χ0v) is 14.6. The highest BCUT2D eigenvalue weighted by atomic mass is 79.9. The van der Waals surface area contributed by atoms with E-state index in [9.17, 15) is 9.90 Å². The smallest absolute Gasteiger partial charge is 0.260 e. The number of nitrogens with one attached hydrogen (secondary N) is 1. The number of carbonyl (C=O) groups excluding carboxylic acids is 1. The van der Waals surface area contributed by atoms with Gasteiger partial charge in [-0.1, -0.05) is 29.8 Å². The maximum Gasteiger partial charge on any atom is 0.260 e. The standard InChI is InChI=1S/C16H24BrNO3/c1-11(2)9-16(4,20)10-18-15(19)12(3)21-14-7-5-13(17)6-8-14/h5-8,11-12,20H,9-10H2,1-4H3,(H,18,19). The first-order valence-corrected chi connectivity index (χ1v) is 7.91. The van der Waals surface area contributed by atoms with E-state index in [1.165, 1.54) is 0 Å². The highest BCUT2D eigenvalue weighted by molar-refractivity contribution is 9.10. The molecular formula is C16H24BrNO3. The minimum absolute atomic E-state index is 0.220. The fourth-order valence-corrected chi connectivity index (χ4v) is 2.41. The molecule has 0 saturated heterocycles. The van der Waals surface area contributed by atoms with Gasteiger partial charge in [-0.15, -0.1) is 0 Å². The molecule has 21 heavy (non-hydrogen) atoms. The molecule has 5 heteroatoms. The summed E-state index contributed by atoms with van der Waals surface area (Å²) in [6, 6.07) is 7.30. The monoisotopic (exact) mass is 357 g/mol. The number of benzene rings is 1. The zero-order valence-electron chi connectivity index (χ0n) is 13.0. The first-order valence-electron chi connectivity index (χ1n) is 7.12. The van der Waals surface area contributed by atoms with E-state index in [1.807, 2.05) is 26.0 Å². The van der Waals surface area contributed by atoms with Crippen LogP contribution in [0.15, 0.2) is 28.7 Å². The SMILES string of the molecule is CC(C)CC(C)(O)CNC(=O)C(C)Oc1ccc(Br)cc1. The Kier molecular flexibility index (Phi) is 6.68. The molecule has 0 aliphatic heterocycles. The van der Waals surface area contributed by atoms with Crippen LogP contribution in [0, 0.1) is 5.92 Å². The summed E-state index contributed by atoms with van der Waals surface area (Å²) in [5.41, 5.74) is -0.902. The molecule has 0 radical (unpaired) electrons. The number of ether oxygens (including phenoxy) is 1. The lowest BCUT2D eigenvalue weighted by atomic mass is 9.94. The Labute approximate surface area is 135 Å². The van der Waals surface area contributed by atoms with Gasteiger partial charge >= 0.3 is 0 Å². The van der Waals surface area contributed by atoms with Crippen molar-refractivity contribution in [2.24, 2.45) is 5.92 Å². The fourth-order valence-electron chi connectivity index (χ4n) is 2.14. The molecule has 2 atom stereocenters. The zero-order chi connectivity index (χ0) is 16.0. The normalized spacial score (nSPS) is 15.4. The third-order valence-corrected chi connectivity index (χ3v) is 3.52. The van der Waals surface area contributed by atoms with Crippen molar-refractivity contribution in [3.05, 3.63) is 28.7 Å². The van der Waals surface area contributed by atoms with E-state index in [4.69, 9.17) is 4.74 Å². The number of halogens is 1. The molecule has 118 valence electrons. The molecule has 1 aromatic rings. The molecule has 4 nitrogen and oxygen atoms in total. The summed E-state index contributed by atoms with van der Waals surface area (Å²) in [5, 5.41) is 12.9. The maximum absolute atomic E-state index is 12.0. The van der Waals surface area contributed by atoms with Gasteiger partial charge in [-0.25, -0.2) is 0 Å². The predicted molar refractivity (Wildman–Crippen MR) is 87.3 cm³/mol. The summed E-state index contributed by atoms with van der Waals surface area (Å²) in [7, 11) is 0. The summed E-state index contributed by atoms with van der Waals surface area (Å²) >= 11 is 3.34.